The Morgan fingerprint density at radius 1 is 0.895 bits per heavy atom. The summed E-state index contributed by atoms with van der Waals surface area (Å²) in [6.07, 6.45) is 4.10. The molecule has 5 nitrogen and oxygen atoms in total. The molecule has 0 spiro atoms. The number of benzene rings is 3. The van der Waals surface area contributed by atoms with Crippen LogP contribution in [-0.2, 0) is 13.0 Å². The summed E-state index contributed by atoms with van der Waals surface area (Å²) in [6.45, 7) is 0.837. The van der Waals surface area contributed by atoms with Crippen molar-refractivity contribution in [1.82, 2.24) is 14.9 Å². The second kappa shape index (κ2) is 9.79. The first-order valence-corrected chi connectivity index (χ1v) is 12.4. The van der Waals surface area contributed by atoms with Crippen molar-refractivity contribution in [2.75, 3.05) is 6.54 Å². The lowest BCUT2D eigenvalue weighted by atomic mass is 9.89. The second-order valence-electron chi connectivity index (χ2n) is 9.20. The summed E-state index contributed by atoms with van der Waals surface area (Å²) in [5.74, 6) is -0.580. The van der Waals surface area contributed by atoms with Crippen LogP contribution in [0.4, 0.5) is 4.39 Å². The highest BCUT2D eigenvalue weighted by Gasteiger charge is 2.32. The molecule has 0 saturated heterocycles. The van der Waals surface area contributed by atoms with Crippen molar-refractivity contribution < 1.29 is 9.18 Å². The van der Waals surface area contributed by atoms with Gasteiger partial charge in [-0.15, -0.1) is 0 Å². The molecular formula is C32H23FN4O. The predicted octanol–water partition coefficient (Wildman–Crippen LogP) is 6.23. The Labute approximate surface area is 219 Å². The Morgan fingerprint density at radius 2 is 1.63 bits per heavy atom. The molecule has 3 heterocycles. The Bertz CT molecular complexity index is 1700. The van der Waals surface area contributed by atoms with E-state index in [0.717, 1.165) is 39.2 Å². The maximum Gasteiger partial charge on any atom is 0.253 e. The van der Waals surface area contributed by atoms with Gasteiger partial charge in [0.05, 0.1) is 22.9 Å². The van der Waals surface area contributed by atoms with Crippen LogP contribution in [0.25, 0.3) is 33.5 Å². The topological polar surface area (TPSA) is 70.7 Å². The number of amides is 1. The van der Waals surface area contributed by atoms with E-state index in [0.29, 0.717) is 30.6 Å². The smallest absolute Gasteiger partial charge is 0.253 e. The number of hydrogen-bond donors (Lipinski definition) is 1. The first-order chi connectivity index (χ1) is 18.7. The zero-order valence-electron chi connectivity index (χ0n) is 20.5. The number of pyridine rings is 1. The fourth-order valence-electron chi connectivity index (χ4n) is 5.33. The van der Waals surface area contributed by atoms with Gasteiger partial charge in [-0.1, -0.05) is 60.7 Å². The number of nitriles is 1. The van der Waals surface area contributed by atoms with Gasteiger partial charge < -0.3 is 9.88 Å². The quantitative estimate of drug-likeness (QED) is 0.312. The van der Waals surface area contributed by atoms with Crippen molar-refractivity contribution in [3.63, 3.8) is 0 Å². The second-order valence-corrected chi connectivity index (χ2v) is 9.20. The molecule has 1 aliphatic rings. The highest BCUT2D eigenvalue weighted by atomic mass is 19.1. The fourth-order valence-corrected chi connectivity index (χ4v) is 5.33. The Balaban J connectivity index is 1.69. The lowest BCUT2D eigenvalue weighted by Gasteiger charge is -2.18. The average Bonchev–Trinajstić information content (AvgIpc) is 3.30. The van der Waals surface area contributed by atoms with Crippen LogP contribution in [0.2, 0.25) is 0 Å². The summed E-state index contributed by atoms with van der Waals surface area (Å²) < 4.78 is 16.1. The van der Waals surface area contributed by atoms with Crippen molar-refractivity contribution in [2.24, 2.45) is 0 Å². The summed E-state index contributed by atoms with van der Waals surface area (Å²) >= 11 is 0. The van der Waals surface area contributed by atoms with Crippen LogP contribution in [0.1, 0.15) is 27.2 Å². The lowest BCUT2D eigenvalue weighted by Crippen LogP contribution is -2.32. The van der Waals surface area contributed by atoms with E-state index in [1.54, 1.807) is 18.5 Å². The number of aromatic nitrogens is 2. The molecule has 3 aromatic carbocycles. The standard InChI is InChI=1S/C32H23FN4O/c33-25-11-10-23(24(18-25)19-34)20-37-28-14-17-36-32(38)30(28)29(31(37)22-12-15-35-16-13-22)27-9-5-4-8-26(27)21-6-2-1-3-7-21/h1-13,15-16,18H,14,17,20H2,(H,36,38). The highest BCUT2D eigenvalue weighted by Crippen LogP contribution is 2.44. The minimum absolute atomic E-state index is 0.127. The number of fused-ring (bicyclic) bond motifs is 1. The minimum atomic E-state index is -0.453. The first-order valence-electron chi connectivity index (χ1n) is 12.4. The molecule has 0 unspecified atom stereocenters. The van der Waals surface area contributed by atoms with Crippen molar-refractivity contribution in [3.05, 3.63) is 126 Å². The molecule has 0 fully saturated rings. The van der Waals surface area contributed by atoms with Gasteiger partial charge in [-0.05, 0) is 46.5 Å². The fraction of sp³-hybridized carbons (Fsp3) is 0.0938. The minimum Gasteiger partial charge on any atom is -0.352 e. The maximum atomic E-state index is 14.0. The number of halogens is 1. The zero-order valence-corrected chi connectivity index (χ0v) is 20.5. The summed E-state index contributed by atoms with van der Waals surface area (Å²) in [4.78, 5) is 17.7. The normalized spacial score (nSPS) is 12.5. The van der Waals surface area contributed by atoms with Gasteiger partial charge in [0.1, 0.15) is 5.82 Å². The van der Waals surface area contributed by atoms with Gasteiger partial charge in [0.2, 0.25) is 0 Å². The van der Waals surface area contributed by atoms with Gasteiger partial charge in [-0.2, -0.15) is 5.26 Å². The molecule has 0 saturated carbocycles. The summed E-state index contributed by atoms with van der Waals surface area (Å²) in [5.41, 5.74) is 8.11. The van der Waals surface area contributed by atoms with Gasteiger partial charge in [0.15, 0.2) is 0 Å². The van der Waals surface area contributed by atoms with E-state index in [4.69, 9.17) is 0 Å². The molecule has 184 valence electrons. The molecule has 38 heavy (non-hydrogen) atoms. The molecule has 0 radical (unpaired) electrons. The molecule has 6 heteroatoms. The molecule has 1 aliphatic heterocycles. The number of rotatable bonds is 5. The molecule has 5 aromatic rings. The Hall–Kier alpha value is -5.02. The molecule has 0 bridgehead atoms. The third-order valence-corrected chi connectivity index (χ3v) is 7.00. The number of nitrogens with zero attached hydrogens (tertiary/aromatic N) is 3. The van der Waals surface area contributed by atoms with Crippen molar-refractivity contribution >= 4 is 5.91 Å². The number of nitrogens with one attached hydrogen (secondary N) is 1. The van der Waals surface area contributed by atoms with Crippen LogP contribution < -0.4 is 5.32 Å². The van der Waals surface area contributed by atoms with Gasteiger partial charge in [0.25, 0.3) is 5.91 Å². The van der Waals surface area contributed by atoms with Crippen LogP contribution in [0.15, 0.2) is 97.3 Å². The zero-order chi connectivity index (χ0) is 26.1. The summed E-state index contributed by atoms with van der Waals surface area (Å²) in [7, 11) is 0. The third kappa shape index (κ3) is 4.04. The van der Waals surface area contributed by atoms with Crippen molar-refractivity contribution in [3.8, 4) is 39.6 Å². The molecule has 2 aromatic heterocycles. The maximum absolute atomic E-state index is 14.0. The van der Waals surface area contributed by atoms with E-state index in [9.17, 15) is 14.4 Å². The number of hydrogen-bond acceptors (Lipinski definition) is 3. The van der Waals surface area contributed by atoms with Gasteiger partial charge in [-0.25, -0.2) is 4.39 Å². The van der Waals surface area contributed by atoms with E-state index in [1.807, 2.05) is 48.5 Å². The van der Waals surface area contributed by atoms with Gasteiger partial charge in [-0.3, -0.25) is 9.78 Å². The number of carbonyl (C=O) groups is 1. The lowest BCUT2D eigenvalue weighted by molar-refractivity contribution is 0.0946. The largest absolute Gasteiger partial charge is 0.352 e. The molecule has 0 aliphatic carbocycles. The van der Waals surface area contributed by atoms with E-state index >= 15 is 0 Å². The van der Waals surface area contributed by atoms with Crippen LogP contribution in [0.3, 0.4) is 0 Å². The van der Waals surface area contributed by atoms with Crippen molar-refractivity contribution in [1.29, 1.82) is 5.26 Å². The van der Waals surface area contributed by atoms with Gasteiger partial charge >= 0.3 is 0 Å². The van der Waals surface area contributed by atoms with Crippen LogP contribution in [-0.4, -0.2) is 22.0 Å². The molecule has 1 N–H and O–H groups in total. The van der Waals surface area contributed by atoms with E-state index in [1.165, 1.54) is 12.1 Å². The number of carbonyl (C=O) groups excluding carboxylic acids is 1. The third-order valence-electron chi connectivity index (χ3n) is 7.00. The van der Waals surface area contributed by atoms with Crippen LogP contribution in [0, 0.1) is 17.1 Å². The monoisotopic (exact) mass is 498 g/mol. The predicted molar refractivity (Wildman–Crippen MR) is 145 cm³/mol. The van der Waals surface area contributed by atoms with Crippen LogP contribution >= 0.6 is 0 Å². The summed E-state index contributed by atoms with van der Waals surface area (Å²) in [6, 6.07) is 28.5. The average molecular weight is 499 g/mol. The SMILES string of the molecule is N#Cc1cc(F)ccc1Cn1c2c(c(-c3ccccc3-c3ccccc3)c1-c1ccncc1)C(=O)NCC2. The first kappa shape index (κ1) is 23.4. The Morgan fingerprint density at radius 3 is 2.39 bits per heavy atom. The Kier molecular flexibility index (Phi) is 6.03. The molecular weight excluding hydrogens is 475 g/mol. The van der Waals surface area contributed by atoms with E-state index in [2.05, 4.69) is 39.1 Å². The molecule has 0 atom stereocenters. The van der Waals surface area contributed by atoms with E-state index < -0.39 is 5.82 Å². The molecule has 6 rings (SSSR count). The summed E-state index contributed by atoms with van der Waals surface area (Å²) in [5, 5.41) is 12.8. The van der Waals surface area contributed by atoms with Crippen molar-refractivity contribution in [2.45, 2.75) is 13.0 Å². The van der Waals surface area contributed by atoms with E-state index in [-0.39, 0.29) is 11.5 Å². The van der Waals surface area contributed by atoms with Gasteiger partial charge in [0, 0.05) is 48.7 Å². The highest BCUT2D eigenvalue weighted by molar-refractivity contribution is 6.09. The van der Waals surface area contributed by atoms with Crippen LogP contribution in [0.5, 0.6) is 0 Å². The molecule has 1 amide bonds.